The summed E-state index contributed by atoms with van der Waals surface area (Å²) < 4.78 is 6.54. The lowest BCUT2D eigenvalue weighted by Crippen LogP contribution is -2.26. The van der Waals surface area contributed by atoms with Crippen molar-refractivity contribution in [3.63, 3.8) is 0 Å². The highest BCUT2D eigenvalue weighted by Gasteiger charge is 2.27. The first-order chi connectivity index (χ1) is 8.08. The van der Waals surface area contributed by atoms with Crippen molar-refractivity contribution in [1.82, 2.24) is 0 Å². The smallest absolute Gasteiger partial charge is 0.335 e. The van der Waals surface area contributed by atoms with Gasteiger partial charge in [-0.15, -0.1) is 0 Å². The highest BCUT2D eigenvalue weighted by atomic mass is 127. The van der Waals surface area contributed by atoms with E-state index in [-0.39, 0.29) is 11.7 Å². The third-order valence-corrected chi connectivity index (χ3v) is 3.77. The Morgan fingerprint density at radius 2 is 2.18 bits per heavy atom. The van der Waals surface area contributed by atoms with Crippen LogP contribution in [0.1, 0.15) is 29.6 Å². The van der Waals surface area contributed by atoms with Gasteiger partial charge in [0.1, 0.15) is 11.9 Å². The predicted molar refractivity (Wildman–Crippen MR) is 70.4 cm³/mol. The topological polar surface area (TPSA) is 66.8 Å². The van der Waals surface area contributed by atoms with E-state index in [2.05, 4.69) is 22.6 Å². The van der Waals surface area contributed by atoms with Gasteiger partial charge in [-0.05, 0) is 60.1 Å². The lowest BCUT2D eigenvalue weighted by Gasteiger charge is -2.18. The summed E-state index contributed by atoms with van der Waals surface area (Å²) in [7, 11) is 0. The molecular formula is C12H13IO4. The summed E-state index contributed by atoms with van der Waals surface area (Å²) >= 11 is 2.09. The van der Waals surface area contributed by atoms with Crippen molar-refractivity contribution in [3.8, 4) is 5.75 Å². The molecule has 0 saturated heterocycles. The Bertz CT molecular complexity index is 433. The summed E-state index contributed by atoms with van der Waals surface area (Å²) in [5, 5.41) is 18.6. The quantitative estimate of drug-likeness (QED) is 0.823. The average molecular weight is 348 g/mol. The van der Waals surface area contributed by atoms with Crippen LogP contribution >= 0.6 is 22.6 Å². The molecule has 1 fully saturated rings. The maximum atomic E-state index is 10.9. The Labute approximate surface area is 113 Å². The minimum absolute atomic E-state index is 0.202. The maximum absolute atomic E-state index is 10.9. The van der Waals surface area contributed by atoms with E-state index in [0.717, 1.165) is 22.8 Å². The van der Waals surface area contributed by atoms with Crippen LogP contribution in [0.5, 0.6) is 5.75 Å². The number of hydrogen-bond donors (Lipinski definition) is 2. The molecule has 5 heteroatoms. The summed E-state index contributed by atoms with van der Waals surface area (Å²) in [5.41, 5.74) is 0.202. The fourth-order valence-electron chi connectivity index (χ4n) is 1.93. The Hall–Kier alpha value is -0.820. The largest absolute Gasteiger partial charge is 0.487 e. The summed E-state index contributed by atoms with van der Waals surface area (Å²) in [5.74, 6) is -0.435. The Morgan fingerprint density at radius 3 is 2.76 bits per heavy atom. The summed E-state index contributed by atoms with van der Waals surface area (Å²) in [6.45, 7) is 0. The Kier molecular flexibility index (Phi) is 3.88. The van der Waals surface area contributed by atoms with Gasteiger partial charge in [-0.3, -0.25) is 0 Å². The van der Waals surface area contributed by atoms with Crippen LogP contribution < -0.4 is 4.74 Å². The molecule has 92 valence electrons. The van der Waals surface area contributed by atoms with Gasteiger partial charge in [0.2, 0.25) is 0 Å². The van der Waals surface area contributed by atoms with Crippen molar-refractivity contribution in [3.05, 3.63) is 27.3 Å². The van der Waals surface area contributed by atoms with Crippen molar-refractivity contribution in [1.29, 1.82) is 0 Å². The van der Waals surface area contributed by atoms with Gasteiger partial charge in [0.05, 0.1) is 15.2 Å². The normalized spacial score (nSPS) is 23.6. The molecule has 1 aliphatic carbocycles. The van der Waals surface area contributed by atoms with Gasteiger partial charge in [0.25, 0.3) is 0 Å². The van der Waals surface area contributed by atoms with Crippen molar-refractivity contribution in [2.24, 2.45) is 0 Å². The van der Waals surface area contributed by atoms with Crippen molar-refractivity contribution < 1.29 is 19.7 Å². The molecular weight excluding hydrogens is 335 g/mol. The second-order valence-corrected chi connectivity index (χ2v) is 5.27. The molecule has 1 saturated carbocycles. The third-order valence-electron chi connectivity index (χ3n) is 2.87. The van der Waals surface area contributed by atoms with E-state index in [9.17, 15) is 9.90 Å². The molecule has 2 unspecified atom stereocenters. The van der Waals surface area contributed by atoms with Gasteiger partial charge in [0, 0.05) is 0 Å². The SMILES string of the molecule is O=C(O)c1ccc(I)c(OC2CCCC2O)c1. The first-order valence-corrected chi connectivity index (χ1v) is 6.53. The molecule has 0 heterocycles. The minimum atomic E-state index is -0.974. The second kappa shape index (κ2) is 5.22. The maximum Gasteiger partial charge on any atom is 0.335 e. The molecule has 1 aromatic rings. The molecule has 4 nitrogen and oxygen atoms in total. The van der Waals surface area contributed by atoms with Gasteiger partial charge >= 0.3 is 5.97 Å². The number of aromatic carboxylic acids is 1. The molecule has 17 heavy (non-hydrogen) atoms. The molecule has 1 aliphatic rings. The number of rotatable bonds is 3. The van der Waals surface area contributed by atoms with Crippen LogP contribution in [0.25, 0.3) is 0 Å². The number of carboxylic acid groups (broad SMARTS) is 1. The zero-order valence-corrected chi connectivity index (χ0v) is 11.3. The molecule has 0 aliphatic heterocycles. The summed E-state index contributed by atoms with van der Waals surface area (Å²) in [6.07, 6.45) is 1.85. The molecule has 0 amide bonds. The van der Waals surface area contributed by atoms with Crippen molar-refractivity contribution >= 4 is 28.6 Å². The molecule has 0 radical (unpaired) electrons. The Morgan fingerprint density at radius 1 is 1.41 bits per heavy atom. The average Bonchev–Trinajstić information content (AvgIpc) is 2.67. The molecule has 0 aromatic heterocycles. The number of carboxylic acids is 1. The molecule has 1 aromatic carbocycles. The van der Waals surface area contributed by atoms with Crippen LogP contribution in [0.2, 0.25) is 0 Å². The second-order valence-electron chi connectivity index (χ2n) is 4.10. The highest BCUT2D eigenvalue weighted by Crippen LogP contribution is 2.28. The first kappa shape index (κ1) is 12.6. The monoisotopic (exact) mass is 348 g/mol. The fourth-order valence-corrected chi connectivity index (χ4v) is 2.40. The van der Waals surface area contributed by atoms with Crippen LogP contribution in [0, 0.1) is 3.57 Å². The van der Waals surface area contributed by atoms with Crippen LogP contribution in [0.3, 0.4) is 0 Å². The summed E-state index contributed by atoms with van der Waals surface area (Å²) in [6, 6.07) is 4.76. The fraction of sp³-hybridized carbons (Fsp3) is 0.417. The molecule has 2 N–H and O–H groups in total. The number of aliphatic hydroxyl groups is 1. The number of hydrogen-bond acceptors (Lipinski definition) is 3. The molecule has 2 atom stereocenters. The van der Waals surface area contributed by atoms with Gasteiger partial charge in [-0.1, -0.05) is 0 Å². The minimum Gasteiger partial charge on any atom is -0.487 e. The van der Waals surface area contributed by atoms with E-state index in [1.807, 2.05) is 0 Å². The van der Waals surface area contributed by atoms with Crippen molar-refractivity contribution in [2.75, 3.05) is 0 Å². The number of ether oxygens (including phenoxy) is 1. The molecule has 0 spiro atoms. The van der Waals surface area contributed by atoms with Crippen LogP contribution in [0.15, 0.2) is 18.2 Å². The van der Waals surface area contributed by atoms with E-state index in [4.69, 9.17) is 9.84 Å². The number of benzene rings is 1. The Balaban J connectivity index is 2.19. The molecule has 0 bridgehead atoms. The first-order valence-electron chi connectivity index (χ1n) is 5.45. The lowest BCUT2D eigenvalue weighted by atomic mass is 10.2. The molecule has 2 rings (SSSR count). The summed E-state index contributed by atoms with van der Waals surface area (Å²) in [4.78, 5) is 10.9. The number of carbonyl (C=O) groups is 1. The highest BCUT2D eigenvalue weighted by molar-refractivity contribution is 14.1. The number of halogens is 1. The van der Waals surface area contributed by atoms with E-state index in [1.54, 1.807) is 12.1 Å². The predicted octanol–water partition coefficient (Wildman–Crippen LogP) is 2.28. The van der Waals surface area contributed by atoms with Crippen LogP contribution in [-0.4, -0.2) is 28.4 Å². The van der Waals surface area contributed by atoms with Gasteiger partial charge < -0.3 is 14.9 Å². The van der Waals surface area contributed by atoms with E-state index < -0.39 is 12.1 Å². The zero-order valence-electron chi connectivity index (χ0n) is 9.10. The van der Waals surface area contributed by atoms with E-state index >= 15 is 0 Å². The van der Waals surface area contributed by atoms with Gasteiger partial charge in [0.15, 0.2) is 0 Å². The van der Waals surface area contributed by atoms with Crippen molar-refractivity contribution in [2.45, 2.75) is 31.5 Å². The third kappa shape index (κ3) is 2.90. The zero-order chi connectivity index (χ0) is 12.4. The van der Waals surface area contributed by atoms with E-state index in [0.29, 0.717) is 5.75 Å². The van der Waals surface area contributed by atoms with Gasteiger partial charge in [-0.25, -0.2) is 4.79 Å². The standard InChI is InChI=1S/C12H13IO4/c13-8-5-4-7(12(15)16)6-11(8)17-10-3-1-2-9(10)14/h4-6,9-10,14H,1-3H2,(H,15,16). The number of aliphatic hydroxyl groups excluding tert-OH is 1. The van der Waals surface area contributed by atoms with Crippen LogP contribution in [-0.2, 0) is 0 Å². The van der Waals surface area contributed by atoms with Crippen LogP contribution in [0.4, 0.5) is 0 Å². The van der Waals surface area contributed by atoms with E-state index in [1.165, 1.54) is 6.07 Å². The lowest BCUT2D eigenvalue weighted by molar-refractivity contribution is 0.0594. The van der Waals surface area contributed by atoms with Gasteiger partial charge in [-0.2, -0.15) is 0 Å².